The van der Waals surface area contributed by atoms with Crippen molar-refractivity contribution in [2.24, 2.45) is 11.8 Å². The number of carbonyl (C=O) groups is 2. The molecule has 0 bridgehead atoms. The van der Waals surface area contributed by atoms with E-state index < -0.39 is 72.4 Å². The first-order valence-electron chi connectivity index (χ1n) is 23.0. The molecule has 0 spiro atoms. The number of fused-ring (bicyclic) bond motifs is 2. The van der Waals surface area contributed by atoms with Gasteiger partial charge in [-0.3, -0.25) is 40.5 Å². The van der Waals surface area contributed by atoms with Crippen LogP contribution in [0.15, 0.2) is 146 Å². The number of hydrogen-bond donors (Lipinski definition) is 4. The Bertz CT molecular complexity index is 2500. The van der Waals surface area contributed by atoms with E-state index in [9.17, 15) is 29.8 Å². The molecule has 6 aromatic rings. The molecule has 1 radical (unpaired) electrons. The monoisotopic (exact) mass is 903 g/mol. The maximum absolute atomic E-state index is 14.5. The quantitative estimate of drug-likeness (QED) is 0.0284. The van der Waals surface area contributed by atoms with E-state index in [0.29, 0.717) is 24.0 Å². The predicted molar refractivity (Wildman–Crippen MR) is 258 cm³/mol. The molecule has 0 aromatic heterocycles. The number of rotatable bonds is 18. The normalized spacial score (nSPS) is 23.6. The Kier molecular flexibility index (Phi) is 14.7. The zero-order valence-corrected chi connectivity index (χ0v) is 37.9. The third kappa shape index (κ3) is 10.4. The van der Waals surface area contributed by atoms with Crippen LogP contribution >= 0.6 is 0 Å². The van der Waals surface area contributed by atoms with Crippen LogP contribution in [0, 0.1) is 32.1 Å². The van der Waals surface area contributed by atoms with Crippen molar-refractivity contribution >= 4 is 41.0 Å². The molecule has 10 atom stereocenters. The summed E-state index contributed by atoms with van der Waals surface area (Å²) in [6.45, 7) is 7.91. The highest BCUT2D eigenvalue weighted by Gasteiger charge is 2.56. The number of hydrogen-bond acceptors (Lipinski definition) is 10. The highest BCUT2D eigenvalue weighted by Crippen LogP contribution is 2.44. The zero-order chi connectivity index (χ0) is 47.2. The van der Waals surface area contributed by atoms with Gasteiger partial charge in [-0.05, 0) is 68.5 Å². The summed E-state index contributed by atoms with van der Waals surface area (Å²) < 4.78 is 12.3. The van der Waals surface area contributed by atoms with Crippen molar-refractivity contribution in [2.75, 3.05) is 0 Å². The van der Waals surface area contributed by atoms with Crippen molar-refractivity contribution in [1.82, 2.24) is 21.3 Å². The standard InChI is InChI=1S/C52H56BN6O8/c1-31(2)29-41(54-51(60)47-43(35-19-7-5-8-20-35)49(58(62)63)45(56-47)39-27-15-23-33-17-11-13-25-37(33)39)66-53-67-42(30-32(3)4)55-52(61)48-44(36-21-9-6-10-22-36)50(59(64)65)46(57-48)40-28-16-24-34-18-12-14-26-38(34)40/h5-28,31-32,41-50,56-57H,29-30H2,1-4H3,(H,54,60)(H,55,61). The summed E-state index contributed by atoms with van der Waals surface area (Å²) in [6, 6.07) is 39.0. The highest BCUT2D eigenvalue weighted by molar-refractivity contribution is 6.18. The predicted octanol–water partition coefficient (Wildman–Crippen LogP) is 8.12. The van der Waals surface area contributed by atoms with E-state index in [0.717, 1.165) is 40.4 Å². The van der Waals surface area contributed by atoms with Crippen LogP contribution in [-0.4, -0.2) is 66.0 Å². The molecule has 2 saturated heterocycles. The first-order chi connectivity index (χ1) is 32.4. The molecule has 2 fully saturated rings. The van der Waals surface area contributed by atoms with Gasteiger partial charge < -0.3 is 19.9 Å². The molecule has 8 rings (SSSR count). The van der Waals surface area contributed by atoms with Crippen LogP contribution < -0.4 is 21.3 Å². The van der Waals surface area contributed by atoms with Gasteiger partial charge in [-0.1, -0.05) is 173 Å². The van der Waals surface area contributed by atoms with Crippen molar-refractivity contribution in [2.45, 2.75) is 101 Å². The van der Waals surface area contributed by atoms with Crippen LogP contribution in [0.5, 0.6) is 0 Å². The van der Waals surface area contributed by atoms with Crippen molar-refractivity contribution in [3.05, 3.63) is 188 Å². The fraction of sp³-hybridized carbons (Fsp3) is 0.346. The van der Waals surface area contributed by atoms with E-state index in [1.807, 2.05) is 173 Å². The van der Waals surface area contributed by atoms with Gasteiger partial charge in [0.2, 0.25) is 23.9 Å². The zero-order valence-electron chi connectivity index (χ0n) is 37.9. The Hall–Kier alpha value is -6.52. The number of amides is 2. The molecular weight excluding hydrogens is 847 g/mol. The average molecular weight is 904 g/mol. The summed E-state index contributed by atoms with van der Waals surface area (Å²) in [4.78, 5) is 54.7. The number of nitrogens with zero attached hydrogens (tertiary/aromatic N) is 2. The second kappa shape index (κ2) is 21.0. The molecule has 2 aliphatic rings. The van der Waals surface area contributed by atoms with Gasteiger partial charge in [-0.15, -0.1) is 0 Å². The second-order valence-corrected chi connectivity index (χ2v) is 18.4. The minimum absolute atomic E-state index is 0.0499. The summed E-state index contributed by atoms with van der Waals surface area (Å²) in [5.41, 5.74) is 2.77. The summed E-state index contributed by atoms with van der Waals surface area (Å²) in [6.07, 6.45) is -1.09. The van der Waals surface area contributed by atoms with Gasteiger partial charge in [0, 0.05) is 9.85 Å². The van der Waals surface area contributed by atoms with Crippen LogP contribution in [0.25, 0.3) is 21.5 Å². The van der Waals surface area contributed by atoms with Crippen molar-refractivity contribution in [3.63, 3.8) is 0 Å². The fourth-order valence-corrected chi connectivity index (χ4v) is 10.1. The molecule has 15 heteroatoms. The summed E-state index contributed by atoms with van der Waals surface area (Å²) in [7, 11) is 1.12. The number of nitrogens with one attached hydrogen (secondary N) is 4. The smallest absolute Gasteiger partial charge is 0.393 e. The van der Waals surface area contributed by atoms with Crippen LogP contribution in [0.1, 0.15) is 86.7 Å². The van der Waals surface area contributed by atoms with Gasteiger partial charge in [0.15, 0.2) is 0 Å². The number of benzene rings is 6. The lowest BCUT2D eigenvalue weighted by Crippen LogP contribution is -2.51. The Morgan fingerprint density at radius 1 is 0.552 bits per heavy atom. The molecule has 4 N–H and O–H groups in total. The molecule has 0 aliphatic carbocycles. The van der Waals surface area contributed by atoms with Gasteiger partial charge >= 0.3 is 7.69 Å². The molecule has 6 aromatic carbocycles. The Labute approximate surface area is 390 Å². The van der Waals surface area contributed by atoms with Crippen LogP contribution in [0.2, 0.25) is 0 Å². The SMILES string of the molecule is CC(C)CC(NC(=O)C1NC(c2cccc3ccccc23)C([N+](=O)[O-])C1c1ccccc1)O[B]OC(CC(C)C)NC(=O)C1NC(c2cccc3ccccc23)C([N+](=O)[O-])C1c1ccccc1. The number of nitro groups is 2. The molecule has 67 heavy (non-hydrogen) atoms. The van der Waals surface area contributed by atoms with Crippen LogP contribution in [0.3, 0.4) is 0 Å². The maximum atomic E-state index is 14.5. The first-order valence-corrected chi connectivity index (χ1v) is 23.0. The van der Waals surface area contributed by atoms with Gasteiger partial charge in [0.25, 0.3) is 0 Å². The minimum Gasteiger partial charge on any atom is -0.393 e. The summed E-state index contributed by atoms with van der Waals surface area (Å²) >= 11 is 0. The lowest BCUT2D eigenvalue weighted by molar-refractivity contribution is -0.527. The van der Waals surface area contributed by atoms with E-state index in [1.165, 1.54) is 0 Å². The topological polar surface area (TPSA) is 187 Å². The maximum Gasteiger partial charge on any atom is 0.491 e. The van der Waals surface area contributed by atoms with Crippen molar-refractivity contribution < 1.29 is 28.7 Å². The van der Waals surface area contributed by atoms with Gasteiger partial charge in [0.1, 0.15) is 36.6 Å². The summed E-state index contributed by atoms with van der Waals surface area (Å²) in [5, 5.41) is 42.5. The molecular formula is C52H56BN6O8. The Morgan fingerprint density at radius 2 is 0.910 bits per heavy atom. The third-order valence-electron chi connectivity index (χ3n) is 13.0. The van der Waals surface area contributed by atoms with E-state index in [-0.39, 0.29) is 21.7 Å². The van der Waals surface area contributed by atoms with Gasteiger partial charge in [-0.25, -0.2) is 0 Å². The van der Waals surface area contributed by atoms with Gasteiger partial charge in [-0.2, -0.15) is 0 Å². The Balaban J connectivity index is 1.01. The first kappa shape index (κ1) is 47.0. The molecule has 10 unspecified atom stereocenters. The van der Waals surface area contributed by atoms with E-state index in [2.05, 4.69) is 21.3 Å². The third-order valence-corrected chi connectivity index (χ3v) is 13.0. The van der Waals surface area contributed by atoms with Crippen LogP contribution in [-0.2, 0) is 18.9 Å². The average Bonchev–Trinajstić information content (AvgIpc) is 3.93. The Morgan fingerprint density at radius 3 is 1.28 bits per heavy atom. The van der Waals surface area contributed by atoms with E-state index in [4.69, 9.17) is 9.31 Å². The summed E-state index contributed by atoms with van der Waals surface area (Å²) in [5.74, 6) is -2.51. The second-order valence-electron chi connectivity index (χ2n) is 18.4. The number of carbonyl (C=O) groups excluding carboxylic acids is 2. The van der Waals surface area contributed by atoms with E-state index >= 15 is 0 Å². The highest BCUT2D eigenvalue weighted by atomic mass is 16.6. The molecule has 0 saturated carbocycles. The van der Waals surface area contributed by atoms with Gasteiger partial charge in [0.05, 0.1) is 11.8 Å². The lowest BCUT2D eigenvalue weighted by Gasteiger charge is -2.27. The lowest BCUT2D eigenvalue weighted by atomic mass is 9.84. The fourth-order valence-electron chi connectivity index (χ4n) is 10.1. The minimum atomic E-state index is -1.18. The largest absolute Gasteiger partial charge is 0.491 e. The molecule has 2 heterocycles. The van der Waals surface area contributed by atoms with Crippen LogP contribution in [0.4, 0.5) is 0 Å². The van der Waals surface area contributed by atoms with Crippen molar-refractivity contribution in [1.29, 1.82) is 0 Å². The molecule has 345 valence electrons. The van der Waals surface area contributed by atoms with E-state index in [1.54, 1.807) is 0 Å². The molecule has 14 nitrogen and oxygen atoms in total. The molecule has 2 amide bonds. The van der Waals surface area contributed by atoms with Crippen molar-refractivity contribution in [3.8, 4) is 0 Å². The molecule has 2 aliphatic heterocycles.